The first kappa shape index (κ1) is 19.0. The van der Waals surface area contributed by atoms with Crippen molar-refractivity contribution in [3.8, 4) is 11.3 Å². The molecule has 4 nitrogen and oxygen atoms in total. The average molecular weight is 412 g/mol. The van der Waals surface area contributed by atoms with Crippen LogP contribution < -0.4 is 5.32 Å². The van der Waals surface area contributed by atoms with Crippen LogP contribution >= 0.6 is 23.8 Å². The summed E-state index contributed by atoms with van der Waals surface area (Å²) >= 11 is 11.9. The first-order valence-corrected chi connectivity index (χ1v) is 10.1. The molecule has 144 valence electrons. The lowest BCUT2D eigenvalue weighted by molar-refractivity contribution is 0.237. The third kappa shape index (κ3) is 3.29. The maximum Gasteiger partial charge on any atom is 0.170 e. The standard InChI is InChI=1S/C22H22ClN3OS/c1-13(2)26-21(20(25-22(26)28)17-9-4-5-12-24-17)19-11-10-18(27-19)15-7-6-8-16(23)14(15)3/h4-13,20-21H,1-3H3,(H,25,28)/t20-,21-/m0/s1. The van der Waals surface area contributed by atoms with Crippen molar-refractivity contribution >= 4 is 28.9 Å². The molecule has 0 spiro atoms. The molecule has 6 heteroatoms. The van der Waals surface area contributed by atoms with Crippen LogP contribution in [0.4, 0.5) is 0 Å². The highest BCUT2D eigenvalue weighted by Gasteiger charge is 2.42. The summed E-state index contributed by atoms with van der Waals surface area (Å²) in [5.74, 6) is 1.65. The van der Waals surface area contributed by atoms with Gasteiger partial charge in [0.2, 0.25) is 0 Å². The van der Waals surface area contributed by atoms with Crippen molar-refractivity contribution in [2.75, 3.05) is 0 Å². The number of hydrogen-bond acceptors (Lipinski definition) is 3. The number of hydrogen-bond donors (Lipinski definition) is 1. The second-order valence-corrected chi connectivity index (χ2v) is 8.04. The quantitative estimate of drug-likeness (QED) is 0.559. The Hall–Kier alpha value is -2.37. The van der Waals surface area contributed by atoms with Gasteiger partial charge in [0.15, 0.2) is 5.11 Å². The van der Waals surface area contributed by atoms with Gasteiger partial charge in [0.1, 0.15) is 17.6 Å². The lowest BCUT2D eigenvalue weighted by Gasteiger charge is -2.29. The lowest BCUT2D eigenvalue weighted by Crippen LogP contribution is -2.35. The molecular weight excluding hydrogens is 390 g/mol. The second-order valence-electron chi connectivity index (χ2n) is 7.24. The highest BCUT2D eigenvalue weighted by atomic mass is 35.5. The van der Waals surface area contributed by atoms with Crippen LogP contribution in [0.3, 0.4) is 0 Å². The van der Waals surface area contributed by atoms with E-state index in [2.05, 4.69) is 29.0 Å². The fourth-order valence-electron chi connectivity index (χ4n) is 3.76. The van der Waals surface area contributed by atoms with Gasteiger partial charge in [-0.15, -0.1) is 0 Å². The molecule has 0 radical (unpaired) electrons. The molecule has 1 N–H and O–H groups in total. The van der Waals surface area contributed by atoms with Gasteiger partial charge in [-0.05, 0) is 68.9 Å². The van der Waals surface area contributed by atoms with E-state index in [0.717, 1.165) is 33.4 Å². The first-order valence-electron chi connectivity index (χ1n) is 9.32. The highest BCUT2D eigenvalue weighted by molar-refractivity contribution is 7.80. The van der Waals surface area contributed by atoms with E-state index < -0.39 is 0 Å². The summed E-state index contributed by atoms with van der Waals surface area (Å²) in [6, 6.07) is 15.9. The van der Waals surface area contributed by atoms with Gasteiger partial charge in [0, 0.05) is 22.8 Å². The van der Waals surface area contributed by atoms with E-state index in [1.54, 1.807) is 6.20 Å². The van der Waals surface area contributed by atoms with Crippen molar-refractivity contribution in [1.82, 2.24) is 15.2 Å². The third-order valence-electron chi connectivity index (χ3n) is 5.14. The SMILES string of the molecule is Cc1c(Cl)cccc1-c1ccc([C@H]2[C@H](c3ccccn3)NC(=S)N2C(C)C)o1. The molecule has 0 saturated carbocycles. The minimum absolute atomic E-state index is 0.0735. The van der Waals surface area contributed by atoms with Gasteiger partial charge in [0.05, 0.1) is 11.7 Å². The first-order chi connectivity index (χ1) is 13.5. The van der Waals surface area contributed by atoms with Crippen molar-refractivity contribution in [1.29, 1.82) is 0 Å². The maximum absolute atomic E-state index is 6.34. The summed E-state index contributed by atoms with van der Waals surface area (Å²) in [6.07, 6.45) is 1.80. The summed E-state index contributed by atoms with van der Waals surface area (Å²) in [4.78, 5) is 6.73. The van der Waals surface area contributed by atoms with Gasteiger partial charge in [0.25, 0.3) is 0 Å². The van der Waals surface area contributed by atoms with Crippen molar-refractivity contribution in [3.05, 3.63) is 76.8 Å². The monoisotopic (exact) mass is 411 g/mol. The molecule has 1 aliphatic rings. The molecule has 2 aromatic heterocycles. The Bertz CT molecular complexity index is 1000. The molecule has 0 amide bonds. The highest BCUT2D eigenvalue weighted by Crippen LogP contribution is 2.42. The number of benzene rings is 1. The number of nitrogens with one attached hydrogen (secondary N) is 1. The fourth-order valence-corrected chi connectivity index (χ4v) is 4.38. The molecule has 1 aromatic carbocycles. The van der Waals surface area contributed by atoms with Crippen LogP contribution in [0.15, 0.2) is 59.1 Å². The Morgan fingerprint density at radius 1 is 1.14 bits per heavy atom. The van der Waals surface area contributed by atoms with Gasteiger partial charge in [-0.3, -0.25) is 4.98 Å². The summed E-state index contributed by atoms with van der Waals surface area (Å²) < 4.78 is 6.34. The van der Waals surface area contributed by atoms with Crippen LogP contribution in [0.2, 0.25) is 5.02 Å². The zero-order valence-electron chi connectivity index (χ0n) is 16.0. The average Bonchev–Trinajstić information content (AvgIpc) is 3.29. The van der Waals surface area contributed by atoms with E-state index in [-0.39, 0.29) is 18.1 Å². The van der Waals surface area contributed by atoms with Gasteiger partial charge in [-0.25, -0.2) is 0 Å². The predicted octanol–water partition coefficient (Wildman–Crippen LogP) is 5.68. The van der Waals surface area contributed by atoms with E-state index >= 15 is 0 Å². The molecule has 4 rings (SSSR count). The van der Waals surface area contributed by atoms with Crippen molar-refractivity contribution in [2.45, 2.75) is 38.9 Å². The molecule has 2 atom stereocenters. The Kier molecular flexibility index (Phi) is 5.13. The Labute approximate surface area is 175 Å². The minimum Gasteiger partial charge on any atom is -0.459 e. The molecule has 3 heterocycles. The Balaban J connectivity index is 1.77. The van der Waals surface area contributed by atoms with Crippen LogP contribution in [0.25, 0.3) is 11.3 Å². The third-order valence-corrected chi connectivity index (χ3v) is 5.88. The Morgan fingerprint density at radius 3 is 2.68 bits per heavy atom. The zero-order valence-corrected chi connectivity index (χ0v) is 17.6. The van der Waals surface area contributed by atoms with E-state index in [1.807, 2.05) is 55.5 Å². The molecular formula is C22H22ClN3OS. The zero-order chi connectivity index (χ0) is 19.8. The van der Waals surface area contributed by atoms with Crippen molar-refractivity contribution in [3.63, 3.8) is 0 Å². The van der Waals surface area contributed by atoms with Crippen LogP contribution in [0, 0.1) is 6.92 Å². The van der Waals surface area contributed by atoms with Crippen LogP contribution in [0.5, 0.6) is 0 Å². The number of nitrogens with zero attached hydrogens (tertiary/aromatic N) is 2. The van der Waals surface area contributed by atoms with E-state index in [0.29, 0.717) is 5.11 Å². The number of halogens is 1. The molecule has 1 fully saturated rings. The van der Waals surface area contributed by atoms with Crippen LogP contribution in [-0.4, -0.2) is 21.0 Å². The fraction of sp³-hybridized carbons (Fsp3) is 0.273. The molecule has 0 unspecified atom stereocenters. The van der Waals surface area contributed by atoms with E-state index in [4.69, 9.17) is 28.2 Å². The topological polar surface area (TPSA) is 41.3 Å². The van der Waals surface area contributed by atoms with Crippen LogP contribution in [0.1, 0.15) is 42.9 Å². The predicted molar refractivity (Wildman–Crippen MR) is 116 cm³/mol. The number of thiocarbonyl (C=S) groups is 1. The van der Waals surface area contributed by atoms with Crippen molar-refractivity contribution < 1.29 is 4.42 Å². The van der Waals surface area contributed by atoms with Gasteiger partial charge in [-0.1, -0.05) is 29.8 Å². The molecule has 3 aromatic rings. The molecule has 0 aliphatic carbocycles. The Morgan fingerprint density at radius 2 is 1.96 bits per heavy atom. The van der Waals surface area contributed by atoms with Gasteiger partial charge < -0.3 is 14.6 Å². The molecule has 1 saturated heterocycles. The molecule has 1 aliphatic heterocycles. The summed E-state index contributed by atoms with van der Waals surface area (Å²) in [5.41, 5.74) is 2.94. The number of rotatable bonds is 4. The van der Waals surface area contributed by atoms with Gasteiger partial charge >= 0.3 is 0 Å². The normalized spacial score (nSPS) is 19.3. The lowest BCUT2D eigenvalue weighted by atomic mass is 10.0. The summed E-state index contributed by atoms with van der Waals surface area (Å²) in [5, 5.41) is 4.88. The van der Waals surface area contributed by atoms with Crippen molar-refractivity contribution in [2.24, 2.45) is 0 Å². The summed E-state index contributed by atoms with van der Waals surface area (Å²) in [6.45, 7) is 6.27. The largest absolute Gasteiger partial charge is 0.459 e. The smallest absolute Gasteiger partial charge is 0.170 e. The van der Waals surface area contributed by atoms with E-state index in [9.17, 15) is 0 Å². The molecule has 0 bridgehead atoms. The van der Waals surface area contributed by atoms with Gasteiger partial charge in [-0.2, -0.15) is 0 Å². The number of pyridine rings is 1. The van der Waals surface area contributed by atoms with E-state index in [1.165, 1.54) is 0 Å². The minimum atomic E-state index is -0.0736. The molecule has 28 heavy (non-hydrogen) atoms. The van der Waals surface area contributed by atoms with Crippen LogP contribution in [-0.2, 0) is 0 Å². The number of furan rings is 1. The second kappa shape index (κ2) is 7.57. The number of aromatic nitrogens is 1. The summed E-state index contributed by atoms with van der Waals surface area (Å²) in [7, 11) is 0. The maximum atomic E-state index is 6.34.